The van der Waals surface area contributed by atoms with Crippen molar-refractivity contribution in [2.24, 2.45) is 11.8 Å². The first kappa shape index (κ1) is 10.6. The molecule has 3 rings (SSSR count). The zero-order valence-corrected chi connectivity index (χ0v) is 10.3. The minimum Gasteiger partial charge on any atom is -0.360 e. The molecule has 1 aliphatic rings. The van der Waals surface area contributed by atoms with Gasteiger partial charge in [0.05, 0.1) is 0 Å². The van der Waals surface area contributed by atoms with E-state index in [-0.39, 0.29) is 5.92 Å². The molecule has 1 atom stereocenters. The molecule has 0 bridgehead atoms. The average molecular weight is 227 g/mol. The van der Waals surface area contributed by atoms with Gasteiger partial charge in [0, 0.05) is 28.6 Å². The van der Waals surface area contributed by atoms with E-state index in [1.807, 2.05) is 12.3 Å². The molecular weight excluding hydrogens is 210 g/mol. The lowest BCUT2D eigenvalue weighted by Gasteiger charge is -2.07. The first-order valence-corrected chi connectivity index (χ1v) is 6.29. The maximum Gasteiger partial charge on any atom is 0.168 e. The molecule has 17 heavy (non-hydrogen) atoms. The smallest absolute Gasteiger partial charge is 0.168 e. The quantitative estimate of drug-likeness (QED) is 0.797. The number of carbonyl (C=O) groups is 1. The molecule has 0 radical (unpaired) electrons. The highest BCUT2D eigenvalue weighted by Crippen LogP contribution is 2.38. The summed E-state index contributed by atoms with van der Waals surface area (Å²) in [5.74, 6) is 1.09. The van der Waals surface area contributed by atoms with Gasteiger partial charge in [0.15, 0.2) is 5.78 Å². The van der Waals surface area contributed by atoms with Crippen LogP contribution in [0.15, 0.2) is 24.4 Å². The maximum absolute atomic E-state index is 12.4. The van der Waals surface area contributed by atoms with Crippen LogP contribution in [0.1, 0.15) is 35.7 Å². The van der Waals surface area contributed by atoms with Crippen molar-refractivity contribution in [3.63, 3.8) is 0 Å². The Morgan fingerprint density at radius 2 is 2.18 bits per heavy atom. The number of aryl methyl sites for hydroxylation is 1. The molecule has 1 unspecified atom stereocenters. The Bertz CT molecular complexity index is 578. The van der Waals surface area contributed by atoms with Crippen molar-refractivity contribution in [2.45, 2.75) is 26.7 Å². The Balaban J connectivity index is 2.02. The molecule has 2 nitrogen and oxygen atoms in total. The van der Waals surface area contributed by atoms with E-state index in [0.29, 0.717) is 11.7 Å². The summed E-state index contributed by atoms with van der Waals surface area (Å²) in [5.41, 5.74) is 3.14. The molecule has 2 aromatic rings. The second kappa shape index (κ2) is 3.73. The van der Waals surface area contributed by atoms with Gasteiger partial charge in [-0.05, 0) is 37.3 Å². The zero-order chi connectivity index (χ0) is 12.0. The van der Waals surface area contributed by atoms with Crippen molar-refractivity contribution in [1.29, 1.82) is 0 Å². The lowest BCUT2D eigenvalue weighted by Crippen LogP contribution is -2.12. The number of aromatic nitrogens is 1. The molecule has 1 fully saturated rings. The molecule has 1 aromatic heterocycles. The molecule has 0 aliphatic heterocycles. The molecule has 1 aliphatic carbocycles. The third-order valence-electron chi connectivity index (χ3n) is 3.85. The SMILES string of the molecule is Cc1ccc2c(C(=O)C(C)C3CC3)c[nH]c2c1. The van der Waals surface area contributed by atoms with Gasteiger partial charge in [0.2, 0.25) is 0 Å². The Morgan fingerprint density at radius 3 is 2.88 bits per heavy atom. The van der Waals surface area contributed by atoms with Crippen LogP contribution in [-0.2, 0) is 0 Å². The van der Waals surface area contributed by atoms with Crippen LogP contribution in [0.2, 0.25) is 0 Å². The number of hydrogen-bond acceptors (Lipinski definition) is 1. The summed E-state index contributed by atoms with van der Waals surface area (Å²) in [7, 11) is 0. The highest BCUT2D eigenvalue weighted by Gasteiger charge is 2.33. The number of hydrogen-bond donors (Lipinski definition) is 1. The van der Waals surface area contributed by atoms with Crippen LogP contribution in [0.4, 0.5) is 0 Å². The predicted octanol–water partition coefficient (Wildman–Crippen LogP) is 3.71. The third kappa shape index (κ3) is 1.78. The highest BCUT2D eigenvalue weighted by atomic mass is 16.1. The van der Waals surface area contributed by atoms with Gasteiger partial charge in [-0.1, -0.05) is 19.1 Å². The van der Waals surface area contributed by atoms with Gasteiger partial charge in [-0.2, -0.15) is 0 Å². The van der Waals surface area contributed by atoms with E-state index in [1.54, 1.807) is 0 Å². The predicted molar refractivity (Wildman–Crippen MR) is 69.3 cm³/mol. The molecule has 1 saturated carbocycles. The van der Waals surface area contributed by atoms with E-state index < -0.39 is 0 Å². The van der Waals surface area contributed by atoms with Gasteiger partial charge in [-0.15, -0.1) is 0 Å². The zero-order valence-electron chi connectivity index (χ0n) is 10.3. The summed E-state index contributed by atoms with van der Waals surface area (Å²) in [6.45, 7) is 4.13. The summed E-state index contributed by atoms with van der Waals surface area (Å²) < 4.78 is 0. The van der Waals surface area contributed by atoms with Crippen molar-refractivity contribution in [3.8, 4) is 0 Å². The van der Waals surface area contributed by atoms with Crippen molar-refractivity contribution in [2.75, 3.05) is 0 Å². The molecule has 1 heterocycles. The van der Waals surface area contributed by atoms with E-state index in [0.717, 1.165) is 16.5 Å². The van der Waals surface area contributed by atoms with E-state index in [4.69, 9.17) is 0 Å². The lowest BCUT2D eigenvalue weighted by atomic mass is 9.95. The molecular formula is C15H17NO. The number of carbonyl (C=O) groups excluding carboxylic acids is 1. The minimum atomic E-state index is 0.176. The molecule has 0 saturated heterocycles. The molecule has 0 amide bonds. The number of aromatic amines is 1. The largest absolute Gasteiger partial charge is 0.360 e. The summed E-state index contributed by atoms with van der Waals surface area (Å²) in [5, 5.41) is 1.06. The Hall–Kier alpha value is -1.57. The van der Waals surface area contributed by atoms with Crippen LogP contribution in [-0.4, -0.2) is 10.8 Å². The minimum absolute atomic E-state index is 0.176. The highest BCUT2D eigenvalue weighted by molar-refractivity contribution is 6.09. The van der Waals surface area contributed by atoms with E-state index in [1.165, 1.54) is 18.4 Å². The van der Waals surface area contributed by atoms with Gasteiger partial charge in [-0.3, -0.25) is 4.79 Å². The maximum atomic E-state index is 12.4. The lowest BCUT2D eigenvalue weighted by molar-refractivity contribution is 0.0918. The number of ketones is 1. The number of benzene rings is 1. The van der Waals surface area contributed by atoms with Gasteiger partial charge < -0.3 is 4.98 Å². The summed E-state index contributed by atoms with van der Waals surface area (Å²) in [4.78, 5) is 15.6. The average Bonchev–Trinajstić information content (AvgIpc) is 3.08. The summed E-state index contributed by atoms with van der Waals surface area (Å²) in [6, 6.07) is 6.21. The Morgan fingerprint density at radius 1 is 1.41 bits per heavy atom. The number of H-pyrrole nitrogens is 1. The van der Waals surface area contributed by atoms with E-state index in [9.17, 15) is 4.79 Å². The Labute approximate surface area is 101 Å². The summed E-state index contributed by atoms with van der Waals surface area (Å²) in [6.07, 6.45) is 4.30. The molecule has 1 N–H and O–H groups in total. The van der Waals surface area contributed by atoms with Gasteiger partial charge in [-0.25, -0.2) is 0 Å². The number of fused-ring (bicyclic) bond motifs is 1. The number of Topliss-reactive ketones (excluding diaryl/α,β-unsaturated/α-hetero) is 1. The summed E-state index contributed by atoms with van der Waals surface area (Å²) >= 11 is 0. The van der Waals surface area contributed by atoms with Crippen LogP contribution in [0.25, 0.3) is 10.9 Å². The second-order valence-electron chi connectivity index (χ2n) is 5.24. The Kier molecular flexibility index (Phi) is 2.32. The van der Waals surface area contributed by atoms with Crippen molar-refractivity contribution in [1.82, 2.24) is 4.98 Å². The fourth-order valence-corrected chi connectivity index (χ4v) is 2.50. The number of nitrogens with one attached hydrogen (secondary N) is 1. The number of rotatable bonds is 3. The van der Waals surface area contributed by atoms with E-state index >= 15 is 0 Å². The van der Waals surface area contributed by atoms with Crippen molar-refractivity contribution < 1.29 is 4.79 Å². The molecule has 88 valence electrons. The molecule has 0 spiro atoms. The van der Waals surface area contributed by atoms with Crippen LogP contribution < -0.4 is 0 Å². The van der Waals surface area contributed by atoms with Crippen molar-refractivity contribution >= 4 is 16.7 Å². The monoisotopic (exact) mass is 227 g/mol. The van der Waals surface area contributed by atoms with Crippen LogP contribution >= 0.6 is 0 Å². The molecule has 2 heteroatoms. The normalized spacial score (nSPS) is 17.3. The molecule has 1 aromatic carbocycles. The second-order valence-corrected chi connectivity index (χ2v) is 5.24. The van der Waals surface area contributed by atoms with Gasteiger partial charge >= 0.3 is 0 Å². The van der Waals surface area contributed by atoms with Crippen LogP contribution in [0, 0.1) is 18.8 Å². The fourth-order valence-electron chi connectivity index (χ4n) is 2.50. The van der Waals surface area contributed by atoms with Gasteiger partial charge in [0.25, 0.3) is 0 Å². The third-order valence-corrected chi connectivity index (χ3v) is 3.85. The standard InChI is InChI=1S/C15H17NO/c1-9-3-6-12-13(8-16-14(12)7-9)15(17)10(2)11-4-5-11/h3,6-8,10-11,16H,4-5H2,1-2H3. The van der Waals surface area contributed by atoms with Crippen LogP contribution in [0.3, 0.4) is 0 Å². The first-order valence-electron chi connectivity index (χ1n) is 6.29. The van der Waals surface area contributed by atoms with E-state index in [2.05, 4.69) is 31.0 Å². The topological polar surface area (TPSA) is 32.9 Å². The van der Waals surface area contributed by atoms with Crippen LogP contribution in [0.5, 0.6) is 0 Å². The van der Waals surface area contributed by atoms with Crippen molar-refractivity contribution in [3.05, 3.63) is 35.5 Å². The fraction of sp³-hybridized carbons (Fsp3) is 0.400. The first-order chi connectivity index (χ1) is 8.16. The van der Waals surface area contributed by atoms with Gasteiger partial charge in [0.1, 0.15) is 0 Å².